The molecule has 0 aliphatic carbocycles. The summed E-state index contributed by atoms with van der Waals surface area (Å²) in [6, 6.07) is 7.36. The van der Waals surface area contributed by atoms with Crippen molar-refractivity contribution in [2.75, 3.05) is 19.5 Å². The number of anilines is 1. The van der Waals surface area contributed by atoms with Crippen molar-refractivity contribution in [2.24, 2.45) is 0 Å². The molecule has 1 heterocycles. The molecule has 1 aromatic carbocycles. The molecule has 1 atom stereocenters. The quantitative estimate of drug-likeness (QED) is 0.858. The average molecular weight is 292 g/mol. The van der Waals surface area contributed by atoms with Crippen molar-refractivity contribution in [2.45, 2.75) is 12.5 Å². The molecule has 0 saturated carbocycles. The molecular formula is C14H16N2O3S. The van der Waals surface area contributed by atoms with Gasteiger partial charge >= 0.3 is 5.97 Å². The molecule has 0 radical (unpaired) electrons. The number of carbonyl (C=O) groups excluding carboxylic acids is 1. The summed E-state index contributed by atoms with van der Waals surface area (Å²) in [5, 5.41) is 5.65. The molecule has 2 aromatic rings. The van der Waals surface area contributed by atoms with E-state index in [0.29, 0.717) is 10.8 Å². The standard InChI is InChI=1S/C14H16N2O3S/c1-14(13(17)19-3,12-15-7-8-20-12)16-10-5-4-6-11(9-10)18-2/h4-9,16H,1-3H3. The van der Waals surface area contributed by atoms with Gasteiger partial charge in [-0.2, -0.15) is 0 Å². The van der Waals surface area contributed by atoms with Crippen LogP contribution in [0.25, 0.3) is 0 Å². The van der Waals surface area contributed by atoms with Crippen LogP contribution in [0.2, 0.25) is 0 Å². The van der Waals surface area contributed by atoms with Gasteiger partial charge in [0.15, 0.2) is 5.54 Å². The van der Waals surface area contributed by atoms with Crippen LogP contribution in [0, 0.1) is 0 Å². The normalized spacial score (nSPS) is 13.3. The van der Waals surface area contributed by atoms with E-state index in [1.807, 2.05) is 29.6 Å². The predicted octanol–water partition coefficient (Wildman–Crippen LogP) is 2.65. The third-order valence-corrected chi connectivity index (χ3v) is 3.91. The molecular weight excluding hydrogens is 276 g/mol. The van der Waals surface area contributed by atoms with Crippen molar-refractivity contribution in [3.63, 3.8) is 0 Å². The molecule has 0 amide bonds. The number of methoxy groups -OCH3 is 2. The van der Waals surface area contributed by atoms with Crippen LogP contribution in [0.3, 0.4) is 0 Å². The van der Waals surface area contributed by atoms with Gasteiger partial charge in [-0.3, -0.25) is 0 Å². The monoisotopic (exact) mass is 292 g/mol. The fourth-order valence-electron chi connectivity index (χ4n) is 1.86. The summed E-state index contributed by atoms with van der Waals surface area (Å²) < 4.78 is 10.1. The third kappa shape index (κ3) is 2.75. The van der Waals surface area contributed by atoms with E-state index in [4.69, 9.17) is 9.47 Å². The van der Waals surface area contributed by atoms with Crippen LogP contribution in [0.15, 0.2) is 35.8 Å². The number of benzene rings is 1. The van der Waals surface area contributed by atoms with Crippen LogP contribution in [-0.2, 0) is 15.1 Å². The third-order valence-electron chi connectivity index (χ3n) is 2.92. The maximum atomic E-state index is 12.1. The summed E-state index contributed by atoms with van der Waals surface area (Å²) in [5.41, 5.74) is -0.276. The SMILES string of the molecule is COC(=O)C(C)(Nc1cccc(OC)c1)c1nccs1. The second-order valence-corrected chi connectivity index (χ2v) is 5.21. The Bertz CT molecular complexity index is 586. The molecule has 0 bridgehead atoms. The molecule has 106 valence electrons. The number of thiazole rings is 1. The van der Waals surface area contributed by atoms with E-state index in [0.717, 1.165) is 5.69 Å². The number of hydrogen-bond donors (Lipinski definition) is 1. The highest BCUT2D eigenvalue weighted by molar-refractivity contribution is 7.09. The van der Waals surface area contributed by atoms with E-state index >= 15 is 0 Å². The Balaban J connectivity index is 2.35. The first-order valence-corrected chi connectivity index (χ1v) is 6.88. The van der Waals surface area contributed by atoms with Crippen molar-refractivity contribution in [3.05, 3.63) is 40.8 Å². The predicted molar refractivity (Wildman–Crippen MR) is 78.1 cm³/mol. The summed E-state index contributed by atoms with van der Waals surface area (Å²) in [6.45, 7) is 1.75. The van der Waals surface area contributed by atoms with E-state index in [2.05, 4.69) is 10.3 Å². The molecule has 1 N–H and O–H groups in total. The van der Waals surface area contributed by atoms with Gasteiger partial charge in [0, 0.05) is 23.3 Å². The Kier molecular flexibility index (Phi) is 4.24. The molecule has 2 rings (SSSR count). The lowest BCUT2D eigenvalue weighted by atomic mass is 10.0. The molecule has 0 saturated heterocycles. The Hall–Kier alpha value is -2.08. The molecule has 20 heavy (non-hydrogen) atoms. The van der Waals surface area contributed by atoms with Gasteiger partial charge < -0.3 is 14.8 Å². The van der Waals surface area contributed by atoms with Crippen LogP contribution in [-0.4, -0.2) is 25.2 Å². The largest absolute Gasteiger partial charge is 0.497 e. The summed E-state index contributed by atoms with van der Waals surface area (Å²) in [6.07, 6.45) is 1.66. The maximum absolute atomic E-state index is 12.1. The fraction of sp³-hybridized carbons (Fsp3) is 0.286. The summed E-state index contributed by atoms with van der Waals surface area (Å²) in [7, 11) is 2.96. The first-order valence-electron chi connectivity index (χ1n) is 6.01. The van der Waals surface area contributed by atoms with Gasteiger partial charge in [-0.25, -0.2) is 9.78 Å². The van der Waals surface area contributed by atoms with Crippen LogP contribution >= 0.6 is 11.3 Å². The Morgan fingerprint density at radius 2 is 2.20 bits per heavy atom. The van der Waals surface area contributed by atoms with Gasteiger partial charge in [-0.05, 0) is 19.1 Å². The summed E-state index contributed by atoms with van der Waals surface area (Å²) in [5.74, 6) is 0.316. The lowest BCUT2D eigenvalue weighted by Crippen LogP contribution is -2.41. The minimum atomic E-state index is -1.03. The summed E-state index contributed by atoms with van der Waals surface area (Å²) in [4.78, 5) is 16.4. The molecule has 0 aliphatic heterocycles. The number of hydrogen-bond acceptors (Lipinski definition) is 6. The Morgan fingerprint density at radius 1 is 1.40 bits per heavy atom. The zero-order chi connectivity index (χ0) is 14.6. The summed E-state index contributed by atoms with van der Waals surface area (Å²) >= 11 is 1.40. The first kappa shape index (κ1) is 14.3. The highest BCUT2D eigenvalue weighted by Crippen LogP contribution is 2.30. The number of esters is 1. The Labute approximate surface area is 121 Å². The van der Waals surface area contributed by atoms with Crippen LogP contribution < -0.4 is 10.1 Å². The first-order chi connectivity index (χ1) is 9.60. The second kappa shape index (κ2) is 5.92. The molecule has 1 unspecified atom stereocenters. The average Bonchev–Trinajstić information content (AvgIpc) is 3.01. The number of nitrogens with zero attached hydrogens (tertiary/aromatic N) is 1. The van der Waals surface area contributed by atoms with Crippen molar-refractivity contribution in [1.82, 2.24) is 4.98 Å². The van der Waals surface area contributed by atoms with Crippen LogP contribution in [0.4, 0.5) is 5.69 Å². The van der Waals surface area contributed by atoms with E-state index < -0.39 is 11.5 Å². The maximum Gasteiger partial charge on any atom is 0.338 e. The zero-order valence-electron chi connectivity index (χ0n) is 11.5. The highest BCUT2D eigenvalue weighted by atomic mass is 32.1. The fourth-order valence-corrected chi connectivity index (χ4v) is 2.60. The van der Waals surface area contributed by atoms with Gasteiger partial charge in [-0.15, -0.1) is 11.3 Å². The highest BCUT2D eigenvalue weighted by Gasteiger charge is 2.39. The second-order valence-electron chi connectivity index (χ2n) is 4.31. The molecule has 0 fully saturated rings. The van der Waals surface area contributed by atoms with E-state index in [1.54, 1.807) is 20.2 Å². The molecule has 5 nitrogen and oxygen atoms in total. The lowest BCUT2D eigenvalue weighted by molar-refractivity contribution is -0.145. The van der Waals surface area contributed by atoms with Gasteiger partial charge in [0.1, 0.15) is 10.8 Å². The van der Waals surface area contributed by atoms with E-state index in [-0.39, 0.29) is 0 Å². The number of rotatable bonds is 5. The minimum Gasteiger partial charge on any atom is -0.497 e. The lowest BCUT2D eigenvalue weighted by Gasteiger charge is -2.27. The van der Waals surface area contributed by atoms with Crippen molar-refractivity contribution in [1.29, 1.82) is 0 Å². The number of nitrogens with one attached hydrogen (secondary N) is 1. The number of ether oxygens (including phenoxy) is 2. The van der Waals surface area contributed by atoms with Crippen LogP contribution in [0.5, 0.6) is 5.75 Å². The topological polar surface area (TPSA) is 60.5 Å². The minimum absolute atomic E-state index is 0.393. The zero-order valence-corrected chi connectivity index (χ0v) is 12.4. The molecule has 6 heteroatoms. The van der Waals surface area contributed by atoms with Crippen molar-refractivity contribution in [3.8, 4) is 5.75 Å². The van der Waals surface area contributed by atoms with E-state index in [9.17, 15) is 4.79 Å². The van der Waals surface area contributed by atoms with Crippen LogP contribution in [0.1, 0.15) is 11.9 Å². The number of aromatic nitrogens is 1. The smallest absolute Gasteiger partial charge is 0.338 e. The number of carbonyl (C=O) groups is 1. The molecule has 1 aromatic heterocycles. The van der Waals surface area contributed by atoms with Gasteiger partial charge in [0.25, 0.3) is 0 Å². The van der Waals surface area contributed by atoms with Crippen molar-refractivity contribution >= 4 is 23.0 Å². The van der Waals surface area contributed by atoms with Crippen molar-refractivity contribution < 1.29 is 14.3 Å². The van der Waals surface area contributed by atoms with Gasteiger partial charge in [0.05, 0.1) is 14.2 Å². The van der Waals surface area contributed by atoms with Gasteiger partial charge in [0.2, 0.25) is 0 Å². The van der Waals surface area contributed by atoms with E-state index in [1.165, 1.54) is 18.4 Å². The molecule has 0 aliphatic rings. The molecule has 0 spiro atoms. The Morgan fingerprint density at radius 3 is 2.80 bits per heavy atom. The van der Waals surface area contributed by atoms with Gasteiger partial charge in [-0.1, -0.05) is 6.07 Å².